The normalized spacial score (nSPS) is 20.5. The molecule has 0 saturated heterocycles. The van der Waals surface area contributed by atoms with Crippen LogP contribution in [0.25, 0.3) is 0 Å². The van der Waals surface area contributed by atoms with Crippen molar-refractivity contribution >= 4 is 0 Å². The molecule has 0 amide bonds. The monoisotopic (exact) mass is 1270 g/mol. The average Bonchev–Trinajstić information content (AvgIpc) is 0.807. The Morgan fingerprint density at radius 3 is 0.587 bits per heavy atom. The van der Waals surface area contributed by atoms with E-state index in [0.29, 0.717) is 92.4 Å². The fraction of sp³-hybridized carbons (Fsp3) is 0.700. The maximum atomic E-state index is 13.4. The number of phenolic OH excluding ortho intramolecular Hbond substituents is 8. The summed E-state index contributed by atoms with van der Waals surface area (Å²) in [6.07, 6.45) is 38.9. The number of benzene rings is 4. The predicted molar refractivity (Wildman–Crippen MR) is 376 cm³/mol. The molecular weight excluding hydrogens is 1140 g/mol. The van der Waals surface area contributed by atoms with Crippen LogP contribution in [0.3, 0.4) is 0 Å². The van der Waals surface area contributed by atoms with Gasteiger partial charge in [0.15, 0.2) is 0 Å². The van der Waals surface area contributed by atoms with Gasteiger partial charge in [0.05, 0.1) is 22.3 Å². The number of phenols is 8. The second-order valence-electron chi connectivity index (χ2n) is 29.4. The van der Waals surface area contributed by atoms with E-state index in [4.69, 9.17) is 0 Å². The van der Waals surface area contributed by atoms with Crippen LogP contribution in [0, 0.1) is 0 Å². The summed E-state index contributed by atoms with van der Waals surface area (Å²) < 4.78 is 0. The molecule has 0 unspecified atom stereocenters. The molecule has 92 heavy (non-hydrogen) atoms. The van der Waals surface area contributed by atoms with Crippen molar-refractivity contribution in [2.45, 2.75) is 359 Å². The van der Waals surface area contributed by atoms with Crippen LogP contribution in [0.1, 0.15) is 375 Å². The lowest BCUT2D eigenvalue weighted by atomic mass is 9.74. The third-order valence-corrected chi connectivity index (χ3v) is 22.8. The van der Waals surface area contributed by atoms with Gasteiger partial charge < -0.3 is 62.1 Å². The summed E-state index contributed by atoms with van der Waals surface area (Å²) in [6.45, 7) is 9.69. The van der Waals surface area contributed by atoms with Crippen LogP contribution in [0.15, 0.2) is 24.3 Å². The van der Waals surface area contributed by atoms with E-state index in [1.165, 1.54) is 25.7 Å². The van der Waals surface area contributed by atoms with E-state index in [2.05, 4.69) is 49.0 Å². The summed E-state index contributed by atoms with van der Waals surface area (Å²) in [7, 11) is 0. The van der Waals surface area contributed by atoms with Crippen LogP contribution in [0.5, 0.6) is 46.0 Å². The first kappa shape index (κ1) is 71.4. The van der Waals surface area contributed by atoms with Crippen molar-refractivity contribution in [1.82, 2.24) is 21.3 Å². The van der Waals surface area contributed by atoms with Gasteiger partial charge in [0.25, 0.3) is 0 Å². The zero-order chi connectivity index (χ0) is 64.9. The van der Waals surface area contributed by atoms with E-state index in [-0.39, 0.29) is 96.3 Å². The van der Waals surface area contributed by atoms with E-state index in [1.807, 2.05) is 24.3 Å². The molecule has 8 bridgehead atoms. The standard InChI is InChI=1S/C80H124N4O8/c1-5-9-13-29-41-57-61-45-63(75(87)69(73(61)85)49-81-53-33-21-17-22-34-53)58(42-30-14-10-6-2)65-47-67(79(91)71(77(65)89)51-83-55-37-25-19-26-38-55)60(44-32-16-12-8-4)68-48-66(78(90)72(80(68)92)52-84-56-39-27-20-28-40-56)59(43-31-15-11-7-3)64-46-62(57)74(86)70(76(64)88)50-82-54-35-23-18-24-36-54/h45-48,53-60,81-92H,5-44,49-52H2,1-4H3. The van der Waals surface area contributed by atoms with Crippen molar-refractivity contribution in [3.63, 3.8) is 0 Å². The Morgan fingerprint density at radius 2 is 0.424 bits per heavy atom. The quantitative estimate of drug-likeness (QED) is 0.0206. The first-order valence-corrected chi connectivity index (χ1v) is 38.1. The van der Waals surface area contributed by atoms with Gasteiger partial charge in [-0.05, 0) is 101 Å². The largest absolute Gasteiger partial charge is 0.507 e. The van der Waals surface area contributed by atoms with E-state index in [0.717, 1.165) is 205 Å². The van der Waals surface area contributed by atoms with Gasteiger partial charge >= 0.3 is 0 Å². The average molecular weight is 1270 g/mol. The molecule has 12 nitrogen and oxygen atoms in total. The minimum Gasteiger partial charge on any atom is -0.507 e. The van der Waals surface area contributed by atoms with Gasteiger partial charge in [-0.25, -0.2) is 0 Å². The summed E-state index contributed by atoms with van der Waals surface area (Å²) in [5, 5.41) is 123. The molecule has 5 aliphatic carbocycles. The van der Waals surface area contributed by atoms with Crippen LogP contribution in [-0.4, -0.2) is 65.0 Å². The van der Waals surface area contributed by atoms with Crippen LogP contribution >= 0.6 is 0 Å². The third-order valence-electron chi connectivity index (χ3n) is 22.8. The number of nitrogens with one attached hydrogen (secondary N) is 4. The number of hydrogen-bond donors (Lipinski definition) is 12. The number of fused-ring (bicyclic) bond motifs is 8. The van der Waals surface area contributed by atoms with Crippen LogP contribution < -0.4 is 21.3 Å². The van der Waals surface area contributed by atoms with Crippen LogP contribution in [0.2, 0.25) is 0 Å². The van der Waals surface area contributed by atoms with E-state index in [1.54, 1.807) is 0 Å². The molecule has 12 heteroatoms. The van der Waals surface area contributed by atoms with Gasteiger partial charge in [0, 0.05) is 119 Å². The van der Waals surface area contributed by atoms with Crippen molar-refractivity contribution in [1.29, 1.82) is 0 Å². The maximum Gasteiger partial charge on any atom is 0.127 e. The minimum atomic E-state index is -0.618. The SMILES string of the molecule is CCCCCCC1c2cc(c(O)c(CNC3CCCCC3)c2O)C(CCCCCC)c2cc(c(O)c(CNC3CCCCC3)c2O)C(CCCCCC)c2cc(c(O)c(CNC3CCCCC3)c2O)C(CCCCCC)c2cc1c(O)c(CNC1CCCCC1)c2O. The molecule has 0 heterocycles. The lowest BCUT2D eigenvalue weighted by Gasteiger charge is -2.32. The molecule has 0 spiro atoms. The lowest BCUT2D eigenvalue weighted by Crippen LogP contribution is -2.31. The molecule has 0 aromatic heterocycles. The Hall–Kier alpha value is -4.88. The van der Waals surface area contributed by atoms with E-state index in [9.17, 15) is 40.9 Å². The fourth-order valence-electron chi connectivity index (χ4n) is 17.1. The molecule has 9 rings (SSSR count). The van der Waals surface area contributed by atoms with Gasteiger partial charge in [-0.1, -0.05) is 207 Å². The number of unbranched alkanes of at least 4 members (excludes halogenated alkanes) is 12. The molecule has 4 aromatic rings. The third kappa shape index (κ3) is 18.0. The van der Waals surface area contributed by atoms with Crippen molar-refractivity contribution in [3.8, 4) is 46.0 Å². The fourth-order valence-corrected chi connectivity index (χ4v) is 17.1. The highest BCUT2D eigenvalue weighted by molar-refractivity contribution is 5.68. The van der Waals surface area contributed by atoms with Crippen LogP contribution in [0.4, 0.5) is 0 Å². The van der Waals surface area contributed by atoms with Crippen molar-refractivity contribution in [2.24, 2.45) is 0 Å². The topological polar surface area (TPSA) is 210 Å². The molecule has 12 N–H and O–H groups in total. The Kier molecular flexibility index (Phi) is 28.2. The van der Waals surface area contributed by atoms with Crippen molar-refractivity contribution in [3.05, 3.63) is 91.0 Å². The first-order valence-electron chi connectivity index (χ1n) is 38.1. The van der Waals surface area contributed by atoms with Crippen LogP contribution in [-0.2, 0) is 26.2 Å². The van der Waals surface area contributed by atoms with E-state index >= 15 is 0 Å². The Balaban J connectivity index is 1.42. The number of hydrogen-bond acceptors (Lipinski definition) is 12. The van der Waals surface area contributed by atoms with Crippen molar-refractivity contribution < 1.29 is 40.9 Å². The second kappa shape index (κ2) is 36.3. The molecule has 512 valence electrons. The maximum absolute atomic E-state index is 13.4. The molecule has 5 aliphatic rings. The van der Waals surface area contributed by atoms with Gasteiger partial charge in [0.2, 0.25) is 0 Å². The molecule has 4 saturated carbocycles. The first-order chi connectivity index (χ1) is 44.9. The molecular formula is C80H124N4O8. The zero-order valence-electron chi connectivity index (χ0n) is 57.6. The lowest BCUT2D eigenvalue weighted by molar-refractivity contribution is 0.359. The Morgan fingerprint density at radius 1 is 0.250 bits per heavy atom. The smallest absolute Gasteiger partial charge is 0.127 e. The Labute approximate surface area is 555 Å². The molecule has 0 radical (unpaired) electrons. The second-order valence-corrected chi connectivity index (χ2v) is 29.4. The highest BCUT2D eigenvalue weighted by atomic mass is 16.3. The summed E-state index contributed by atoms with van der Waals surface area (Å²) in [6, 6.07) is 8.84. The minimum absolute atomic E-state index is 0.0102. The molecule has 0 aliphatic heterocycles. The van der Waals surface area contributed by atoms with Gasteiger partial charge in [-0.3, -0.25) is 0 Å². The Bertz CT molecular complexity index is 2420. The van der Waals surface area contributed by atoms with Gasteiger partial charge in [-0.15, -0.1) is 0 Å². The highest BCUT2D eigenvalue weighted by Crippen LogP contribution is 2.56. The summed E-state index contributed by atoms with van der Waals surface area (Å²) >= 11 is 0. The van der Waals surface area contributed by atoms with Crippen molar-refractivity contribution in [2.75, 3.05) is 0 Å². The molecule has 4 aromatic carbocycles. The highest BCUT2D eigenvalue weighted by Gasteiger charge is 2.38. The summed E-state index contributed by atoms with van der Waals surface area (Å²) in [5.74, 6) is -2.55. The predicted octanol–water partition coefficient (Wildman–Crippen LogP) is 19.7. The number of aromatic hydroxyl groups is 8. The van der Waals surface area contributed by atoms with Gasteiger partial charge in [0.1, 0.15) is 46.0 Å². The molecule has 0 atom stereocenters. The molecule has 4 fully saturated rings. The van der Waals surface area contributed by atoms with Gasteiger partial charge in [-0.2, -0.15) is 0 Å². The number of rotatable bonds is 32. The van der Waals surface area contributed by atoms with E-state index < -0.39 is 23.7 Å². The summed E-state index contributed by atoms with van der Waals surface area (Å²) in [4.78, 5) is 0. The zero-order valence-corrected chi connectivity index (χ0v) is 57.6. The summed E-state index contributed by atoms with van der Waals surface area (Å²) in [5.41, 5.74) is 6.35.